The Bertz CT molecular complexity index is 787. The van der Waals surface area contributed by atoms with Crippen LogP contribution in [-0.4, -0.2) is 45.2 Å². The molecule has 0 saturated heterocycles. The molecule has 0 saturated carbocycles. The molecular weight excluding hydrogens is 326 g/mol. The first-order valence-corrected chi connectivity index (χ1v) is 9.31. The number of fused-ring (bicyclic) bond motifs is 1. The lowest BCUT2D eigenvalue weighted by Crippen LogP contribution is -2.08. The molecule has 1 aromatic carbocycles. The SMILES string of the molecule is COc1ccc(-c2nc3cnccc3[nH]2)c(OCCC[S+](C)[O-])c1. The van der Waals surface area contributed by atoms with Gasteiger partial charge in [0.05, 0.1) is 37.2 Å². The Kier molecular flexibility index (Phi) is 5.22. The molecule has 126 valence electrons. The molecule has 0 bridgehead atoms. The summed E-state index contributed by atoms with van der Waals surface area (Å²) in [6, 6.07) is 7.50. The standard InChI is InChI=1S/C17H19N3O3S/c1-22-12-4-5-13(16(10-12)23-8-3-9-24(2)21)17-19-14-6-7-18-11-15(14)20-17/h4-7,10-11H,3,8-9H2,1-2H3,(H,19,20). The van der Waals surface area contributed by atoms with Gasteiger partial charge >= 0.3 is 0 Å². The van der Waals surface area contributed by atoms with Crippen LogP contribution < -0.4 is 9.47 Å². The van der Waals surface area contributed by atoms with Crippen LogP contribution in [0.3, 0.4) is 0 Å². The van der Waals surface area contributed by atoms with Gasteiger partial charge in [0.25, 0.3) is 0 Å². The molecule has 6 nitrogen and oxygen atoms in total. The average molecular weight is 345 g/mol. The highest BCUT2D eigenvalue weighted by molar-refractivity contribution is 7.90. The van der Waals surface area contributed by atoms with E-state index in [0.29, 0.717) is 23.9 Å². The number of hydrogen-bond acceptors (Lipinski definition) is 5. The van der Waals surface area contributed by atoms with E-state index in [1.54, 1.807) is 25.8 Å². The Hall–Kier alpha value is -2.25. The molecule has 0 aliphatic heterocycles. The fourth-order valence-electron chi connectivity index (χ4n) is 2.37. The minimum atomic E-state index is -0.811. The van der Waals surface area contributed by atoms with Gasteiger partial charge in [0.15, 0.2) is 0 Å². The van der Waals surface area contributed by atoms with E-state index < -0.39 is 11.2 Å². The summed E-state index contributed by atoms with van der Waals surface area (Å²) >= 11 is -0.811. The maximum atomic E-state index is 11.2. The lowest BCUT2D eigenvalue weighted by molar-refractivity contribution is 0.316. The second kappa shape index (κ2) is 7.55. The molecule has 2 aromatic heterocycles. The van der Waals surface area contributed by atoms with E-state index in [1.807, 2.05) is 24.3 Å². The fourth-order valence-corrected chi connectivity index (χ4v) is 2.90. The molecule has 0 aliphatic carbocycles. The van der Waals surface area contributed by atoms with Crippen molar-refractivity contribution in [1.29, 1.82) is 0 Å². The Balaban J connectivity index is 1.88. The lowest BCUT2D eigenvalue weighted by atomic mass is 10.2. The predicted octanol–water partition coefficient (Wildman–Crippen LogP) is 2.78. The Labute approximate surface area is 143 Å². The summed E-state index contributed by atoms with van der Waals surface area (Å²) < 4.78 is 22.3. The van der Waals surface area contributed by atoms with Crippen LogP contribution in [0, 0.1) is 0 Å². The summed E-state index contributed by atoms with van der Waals surface area (Å²) in [5.41, 5.74) is 2.57. The number of aromatic amines is 1. The summed E-state index contributed by atoms with van der Waals surface area (Å²) in [6.07, 6.45) is 5.86. The van der Waals surface area contributed by atoms with Gasteiger partial charge in [0, 0.05) is 18.7 Å². The van der Waals surface area contributed by atoms with Crippen molar-refractivity contribution in [2.75, 3.05) is 25.7 Å². The quantitative estimate of drug-likeness (QED) is 0.526. The van der Waals surface area contributed by atoms with Crippen molar-refractivity contribution < 1.29 is 14.0 Å². The van der Waals surface area contributed by atoms with Crippen molar-refractivity contribution >= 4 is 22.2 Å². The highest BCUT2D eigenvalue weighted by atomic mass is 32.2. The van der Waals surface area contributed by atoms with Gasteiger partial charge < -0.3 is 19.0 Å². The van der Waals surface area contributed by atoms with Crippen LogP contribution in [0.2, 0.25) is 0 Å². The monoisotopic (exact) mass is 345 g/mol. The zero-order chi connectivity index (χ0) is 16.9. The van der Waals surface area contributed by atoms with Crippen molar-refractivity contribution in [2.45, 2.75) is 6.42 Å². The van der Waals surface area contributed by atoms with E-state index in [9.17, 15) is 4.55 Å². The van der Waals surface area contributed by atoms with E-state index >= 15 is 0 Å². The van der Waals surface area contributed by atoms with Crippen molar-refractivity contribution in [3.05, 3.63) is 36.7 Å². The number of imidazole rings is 1. The van der Waals surface area contributed by atoms with Gasteiger partial charge in [0.1, 0.15) is 28.6 Å². The van der Waals surface area contributed by atoms with Crippen LogP contribution in [0.4, 0.5) is 0 Å². The second-order valence-corrected chi connectivity index (χ2v) is 6.87. The van der Waals surface area contributed by atoms with E-state index in [0.717, 1.165) is 28.8 Å². The van der Waals surface area contributed by atoms with E-state index in [1.165, 1.54) is 0 Å². The molecule has 1 N–H and O–H groups in total. The van der Waals surface area contributed by atoms with Gasteiger partial charge in [-0.05, 0) is 18.2 Å². The minimum Gasteiger partial charge on any atom is -0.617 e. The molecule has 0 spiro atoms. The maximum Gasteiger partial charge on any atom is 0.142 e. The molecule has 24 heavy (non-hydrogen) atoms. The van der Waals surface area contributed by atoms with Gasteiger partial charge in [-0.3, -0.25) is 4.98 Å². The number of rotatable bonds is 7. The molecule has 0 aliphatic rings. The normalized spacial score (nSPS) is 12.3. The molecule has 0 amide bonds. The highest BCUT2D eigenvalue weighted by Crippen LogP contribution is 2.33. The third-order valence-corrected chi connectivity index (χ3v) is 4.43. The van der Waals surface area contributed by atoms with Gasteiger partial charge in [-0.25, -0.2) is 4.98 Å². The summed E-state index contributed by atoms with van der Waals surface area (Å²) in [5, 5.41) is 0. The molecule has 1 unspecified atom stereocenters. The Morgan fingerprint density at radius 2 is 2.17 bits per heavy atom. The lowest BCUT2D eigenvalue weighted by Gasteiger charge is -2.12. The van der Waals surface area contributed by atoms with Gasteiger partial charge in [0.2, 0.25) is 0 Å². The van der Waals surface area contributed by atoms with Crippen molar-refractivity contribution in [3.63, 3.8) is 0 Å². The Morgan fingerprint density at radius 3 is 2.92 bits per heavy atom. The summed E-state index contributed by atoms with van der Waals surface area (Å²) in [4.78, 5) is 11.9. The van der Waals surface area contributed by atoms with Gasteiger partial charge in [-0.2, -0.15) is 0 Å². The first kappa shape index (κ1) is 16.6. The smallest absolute Gasteiger partial charge is 0.142 e. The first-order chi connectivity index (χ1) is 11.7. The summed E-state index contributed by atoms with van der Waals surface area (Å²) in [5.74, 6) is 2.74. The Morgan fingerprint density at radius 1 is 1.29 bits per heavy atom. The van der Waals surface area contributed by atoms with Crippen molar-refractivity contribution in [2.24, 2.45) is 0 Å². The third kappa shape index (κ3) is 3.80. The molecule has 3 rings (SSSR count). The maximum absolute atomic E-state index is 11.2. The zero-order valence-corrected chi connectivity index (χ0v) is 14.4. The van der Waals surface area contributed by atoms with Gasteiger partial charge in [-0.15, -0.1) is 0 Å². The largest absolute Gasteiger partial charge is 0.617 e. The van der Waals surface area contributed by atoms with Crippen molar-refractivity contribution in [3.8, 4) is 22.9 Å². The molecular formula is C17H19N3O3S. The molecule has 3 aromatic rings. The van der Waals surface area contributed by atoms with Crippen LogP contribution in [-0.2, 0) is 11.2 Å². The zero-order valence-electron chi connectivity index (χ0n) is 13.6. The van der Waals surface area contributed by atoms with Crippen molar-refractivity contribution in [1.82, 2.24) is 15.0 Å². The molecule has 2 heterocycles. The topological polar surface area (TPSA) is 83.1 Å². The molecule has 1 atom stereocenters. The molecule has 0 radical (unpaired) electrons. The highest BCUT2D eigenvalue weighted by Gasteiger charge is 2.13. The number of nitrogens with one attached hydrogen (secondary N) is 1. The van der Waals surface area contributed by atoms with Gasteiger partial charge in [-0.1, -0.05) is 11.2 Å². The first-order valence-electron chi connectivity index (χ1n) is 7.58. The van der Waals surface area contributed by atoms with Crippen LogP contribution >= 0.6 is 0 Å². The minimum absolute atomic E-state index is 0.488. The van der Waals surface area contributed by atoms with Crippen LogP contribution in [0.15, 0.2) is 36.7 Å². The van der Waals surface area contributed by atoms with E-state index in [2.05, 4.69) is 15.0 Å². The fraction of sp³-hybridized carbons (Fsp3) is 0.294. The number of ether oxygens (including phenoxy) is 2. The molecule has 0 fully saturated rings. The predicted molar refractivity (Wildman–Crippen MR) is 94.9 cm³/mol. The van der Waals surface area contributed by atoms with E-state index in [4.69, 9.17) is 9.47 Å². The number of hydrogen-bond donors (Lipinski definition) is 1. The second-order valence-electron chi connectivity index (χ2n) is 5.32. The van der Waals surface area contributed by atoms with Crippen LogP contribution in [0.25, 0.3) is 22.4 Å². The number of nitrogens with zero attached hydrogens (tertiary/aromatic N) is 2. The molecule has 7 heteroatoms. The summed E-state index contributed by atoms with van der Waals surface area (Å²) in [6.45, 7) is 0.488. The number of H-pyrrole nitrogens is 1. The third-order valence-electron chi connectivity index (χ3n) is 3.56. The summed E-state index contributed by atoms with van der Waals surface area (Å²) in [7, 11) is 1.62. The number of benzene rings is 1. The number of aromatic nitrogens is 3. The van der Waals surface area contributed by atoms with Crippen LogP contribution in [0.5, 0.6) is 11.5 Å². The van der Waals surface area contributed by atoms with E-state index in [-0.39, 0.29) is 0 Å². The average Bonchev–Trinajstić information content (AvgIpc) is 3.02. The van der Waals surface area contributed by atoms with Crippen LogP contribution in [0.1, 0.15) is 6.42 Å². The number of methoxy groups -OCH3 is 1. The number of pyridine rings is 1.